The molecule has 8 nitrogen and oxygen atoms in total. The third-order valence-electron chi connectivity index (χ3n) is 4.39. The van der Waals surface area contributed by atoms with E-state index < -0.39 is 14.9 Å². The molecule has 0 aliphatic rings. The summed E-state index contributed by atoms with van der Waals surface area (Å²) in [7, 11) is -4.14. The maximum Gasteiger partial charge on any atom is 0.270 e. The van der Waals surface area contributed by atoms with E-state index in [9.17, 15) is 18.5 Å². The quantitative estimate of drug-likeness (QED) is 0.261. The minimum Gasteiger partial charge on any atom is -0.279 e. The van der Waals surface area contributed by atoms with E-state index in [2.05, 4.69) is 31.2 Å². The molecule has 2 N–H and O–H groups in total. The Balaban J connectivity index is 1.97. The third-order valence-corrected chi connectivity index (χ3v) is 6.51. The van der Waals surface area contributed by atoms with Crippen molar-refractivity contribution >= 4 is 49.2 Å². The minimum atomic E-state index is -4.14. The van der Waals surface area contributed by atoms with Crippen molar-refractivity contribution < 1.29 is 13.3 Å². The number of nitro benzene ring substituents is 1. The van der Waals surface area contributed by atoms with Gasteiger partial charge in [0.1, 0.15) is 4.90 Å². The molecule has 10 heteroatoms. The van der Waals surface area contributed by atoms with Crippen molar-refractivity contribution in [3.05, 3.63) is 91.9 Å². The first-order valence-electron chi connectivity index (χ1n) is 9.09. The highest BCUT2D eigenvalue weighted by Gasteiger charge is 2.23. The van der Waals surface area contributed by atoms with Crippen LogP contribution < -0.4 is 10.1 Å². The summed E-state index contributed by atoms with van der Waals surface area (Å²) >= 11 is 3.40. The smallest absolute Gasteiger partial charge is 0.270 e. The van der Waals surface area contributed by atoms with Gasteiger partial charge < -0.3 is 0 Å². The minimum absolute atomic E-state index is 0.103. The Kier molecular flexibility index (Phi) is 6.71. The SMILES string of the molecule is Cc1ccc(NS(=O)(=O)c2cc([N+](=O)[O-])ccc2NN=Cc2ccccc2Br)c(C)c1. The van der Waals surface area contributed by atoms with E-state index in [1.165, 1.54) is 18.3 Å². The van der Waals surface area contributed by atoms with Gasteiger partial charge in [0.25, 0.3) is 15.7 Å². The maximum absolute atomic E-state index is 13.1. The molecule has 3 aromatic carbocycles. The number of anilines is 2. The lowest BCUT2D eigenvalue weighted by Gasteiger charge is -2.14. The summed E-state index contributed by atoms with van der Waals surface area (Å²) in [5.74, 6) is 0. The van der Waals surface area contributed by atoms with Gasteiger partial charge in [0.05, 0.1) is 22.5 Å². The van der Waals surface area contributed by atoms with E-state index in [4.69, 9.17) is 0 Å². The van der Waals surface area contributed by atoms with Crippen LogP contribution in [0, 0.1) is 24.0 Å². The number of benzene rings is 3. The molecule has 0 radical (unpaired) electrons. The van der Waals surface area contributed by atoms with E-state index in [-0.39, 0.29) is 16.3 Å². The average molecular weight is 503 g/mol. The lowest BCUT2D eigenvalue weighted by atomic mass is 10.1. The molecule has 0 aliphatic carbocycles. The molecule has 0 aliphatic heterocycles. The Morgan fingerprint density at radius 3 is 2.42 bits per heavy atom. The van der Waals surface area contributed by atoms with Gasteiger partial charge in [-0.25, -0.2) is 8.42 Å². The molecule has 0 atom stereocenters. The number of non-ortho nitro benzene ring substituents is 1. The highest BCUT2D eigenvalue weighted by Crippen LogP contribution is 2.29. The predicted molar refractivity (Wildman–Crippen MR) is 125 cm³/mol. The van der Waals surface area contributed by atoms with Crippen LogP contribution in [0.3, 0.4) is 0 Å². The van der Waals surface area contributed by atoms with E-state index >= 15 is 0 Å². The zero-order valence-corrected chi connectivity index (χ0v) is 19.1. The lowest BCUT2D eigenvalue weighted by Crippen LogP contribution is -2.16. The fraction of sp³-hybridized carbons (Fsp3) is 0.0952. The Morgan fingerprint density at radius 2 is 1.74 bits per heavy atom. The number of nitrogens with zero attached hydrogens (tertiary/aromatic N) is 2. The van der Waals surface area contributed by atoms with Crippen molar-refractivity contribution in [2.75, 3.05) is 10.1 Å². The lowest BCUT2D eigenvalue weighted by molar-refractivity contribution is -0.385. The van der Waals surface area contributed by atoms with Crippen LogP contribution in [0.1, 0.15) is 16.7 Å². The van der Waals surface area contributed by atoms with Gasteiger partial charge in [-0.15, -0.1) is 0 Å². The summed E-state index contributed by atoms with van der Waals surface area (Å²) in [6.07, 6.45) is 1.51. The van der Waals surface area contributed by atoms with Gasteiger partial charge in [-0.2, -0.15) is 5.10 Å². The number of hydrazone groups is 1. The van der Waals surface area contributed by atoms with E-state index in [1.54, 1.807) is 19.1 Å². The summed E-state index contributed by atoms with van der Waals surface area (Å²) in [5.41, 5.74) is 5.31. The van der Waals surface area contributed by atoms with Crippen molar-refractivity contribution in [2.24, 2.45) is 5.10 Å². The molecule has 3 rings (SSSR count). The van der Waals surface area contributed by atoms with Crippen LogP contribution in [0.2, 0.25) is 0 Å². The van der Waals surface area contributed by atoms with E-state index in [0.717, 1.165) is 27.2 Å². The summed E-state index contributed by atoms with van der Waals surface area (Å²) in [5, 5.41) is 15.3. The van der Waals surface area contributed by atoms with Gasteiger partial charge in [0.2, 0.25) is 0 Å². The number of rotatable bonds is 7. The summed E-state index contributed by atoms with van der Waals surface area (Å²) in [4.78, 5) is 10.3. The van der Waals surface area contributed by atoms with Gasteiger partial charge in [-0.05, 0) is 37.6 Å². The summed E-state index contributed by atoms with van der Waals surface area (Å²) in [6, 6.07) is 16.2. The topological polar surface area (TPSA) is 114 Å². The van der Waals surface area contributed by atoms with Crippen molar-refractivity contribution in [1.29, 1.82) is 0 Å². The fourth-order valence-electron chi connectivity index (χ4n) is 2.82. The molecule has 0 bridgehead atoms. The molecule has 0 aromatic heterocycles. The van der Waals surface area contributed by atoms with Crippen LogP contribution in [-0.4, -0.2) is 19.6 Å². The zero-order valence-electron chi connectivity index (χ0n) is 16.7. The number of nitro groups is 1. The second-order valence-corrected chi connectivity index (χ2v) is 9.26. The highest BCUT2D eigenvalue weighted by molar-refractivity contribution is 9.10. The Morgan fingerprint density at radius 1 is 1.03 bits per heavy atom. The molecular weight excluding hydrogens is 484 g/mol. The van der Waals surface area contributed by atoms with Crippen LogP contribution in [0.5, 0.6) is 0 Å². The molecule has 31 heavy (non-hydrogen) atoms. The van der Waals surface area contributed by atoms with Crippen LogP contribution in [-0.2, 0) is 10.0 Å². The van der Waals surface area contributed by atoms with Crippen molar-refractivity contribution in [1.82, 2.24) is 0 Å². The Labute approximate surface area is 188 Å². The number of nitrogens with one attached hydrogen (secondary N) is 2. The molecule has 0 spiro atoms. The first kappa shape index (κ1) is 22.4. The number of sulfonamides is 1. The molecule has 0 saturated heterocycles. The van der Waals surface area contributed by atoms with Gasteiger partial charge in [0.15, 0.2) is 0 Å². The van der Waals surface area contributed by atoms with Gasteiger partial charge in [0, 0.05) is 22.2 Å². The molecule has 0 amide bonds. The summed E-state index contributed by atoms with van der Waals surface area (Å²) < 4.78 is 29.5. The number of aryl methyl sites for hydroxylation is 2. The first-order chi connectivity index (χ1) is 14.7. The first-order valence-corrected chi connectivity index (χ1v) is 11.4. The van der Waals surface area contributed by atoms with Crippen molar-refractivity contribution in [2.45, 2.75) is 18.7 Å². The molecule has 0 fully saturated rings. The zero-order chi connectivity index (χ0) is 22.6. The highest BCUT2D eigenvalue weighted by atomic mass is 79.9. The molecule has 0 saturated carbocycles. The normalized spacial score (nSPS) is 11.5. The van der Waals surface area contributed by atoms with Gasteiger partial charge >= 0.3 is 0 Å². The van der Waals surface area contributed by atoms with Gasteiger partial charge in [-0.1, -0.05) is 51.8 Å². The van der Waals surface area contributed by atoms with Crippen LogP contribution >= 0.6 is 15.9 Å². The van der Waals surface area contributed by atoms with Crippen LogP contribution in [0.25, 0.3) is 0 Å². The maximum atomic E-state index is 13.1. The summed E-state index contributed by atoms with van der Waals surface area (Å²) in [6.45, 7) is 3.68. The molecule has 0 unspecified atom stereocenters. The molecule has 3 aromatic rings. The average Bonchev–Trinajstić information content (AvgIpc) is 2.71. The third kappa shape index (κ3) is 5.47. The van der Waals surface area contributed by atoms with E-state index in [0.29, 0.717) is 5.69 Å². The molecular formula is C21H19BrN4O4S. The van der Waals surface area contributed by atoms with Gasteiger partial charge in [-0.3, -0.25) is 20.3 Å². The van der Waals surface area contributed by atoms with Crippen LogP contribution in [0.15, 0.2) is 75.1 Å². The largest absolute Gasteiger partial charge is 0.279 e. The Hall–Kier alpha value is -3.24. The number of halogens is 1. The van der Waals surface area contributed by atoms with Crippen molar-refractivity contribution in [3.8, 4) is 0 Å². The monoisotopic (exact) mass is 502 g/mol. The molecule has 160 valence electrons. The second-order valence-electron chi connectivity index (χ2n) is 6.75. The predicted octanol–water partition coefficient (Wildman–Crippen LogP) is 5.22. The standard InChI is InChI=1S/C21H19BrN4O4S/c1-14-7-9-19(15(2)11-14)25-31(29,30)21-12-17(26(27)28)8-10-20(21)24-23-13-16-5-3-4-6-18(16)22/h3-13,24-25H,1-2H3. The fourth-order valence-corrected chi connectivity index (χ4v) is 4.51. The molecule has 0 heterocycles. The second kappa shape index (κ2) is 9.27. The van der Waals surface area contributed by atoms with Crippen LogP contribution in [0.4, 0.5) is 17.1 Å². The number of hydrogen-bond donors (Lipinski definition) is 2. The Bertz CT molecular complexity index is 1280. The number of hydrogen-bond acceptors (Lipinski definition) is 6. The van der Waals surface area contributed by atoms with E-state index in [1.807, 2.05) is 37.3 Å². The van der Waals surface area contributed by atoms with Crippen molar-refractivity contribution in [3.63, 3.8) is 0 Å².